The van der Waals surface area contributed by atoms with Crippen LogP contribution in [0.2, 0.25) is 0 Å². The van der Waals surface area contributed by atoms with Crippen LogP contribution in [0, 0.1) is 17.8 Å². The molecule has 2 saturated carbocycles. The van der Waals surface area contributed by atoms with Gasteiger partial charge in [0.1, 0.15) is 5.78 Å². The fourth-order valence-corrected chi connectivity index (χ4v) is 2.97. The lowest BCUT2D eigenvalue weighted by atomic mass is 9.64. The lowest BCUT2D eigenvalue weighted by Crippen LogP contribution is -2.44. The van der Waals surface area contributed by atoms with Crippen LogP contribution in [0.15, 0.2) is 0 Å². The molecule has 0 radical (unpaired) electrons. The first-order chi connectivity index (χ1) is 5.84. The number of rotatable bonds is 3. The molecule has 0 heterocycles. The first kappa shape index (κ1) is 8.28. The first-order valence-corrected chi connectivity index (χ1v) is 5.38. The number of unbranched alkanes of at least 4 members (excludes halogenated alkanes) is 1. The fraction of sp³-hybridized carbons (Fsp3) is 0.909. The molecular weight excluding hydrogens is 148 g/mol. The van der Waals surface area contributed by atoms with Crippen molar-refractivity contribution >= 4 is 5.78 Å². The highest BCUT2D eigenvalue weighted by atomic mass is 16.1. The second-order valence-corrected chi connectivity index (χ2v) is 4.35. The quantitative estimate of drug-likeness (QED) is 0.630. The summed E-state index contributed by atoms with van der Waals surface area (Å²) in [6.07, 6.45) is 7.51. The minimum atomic E-state index is 0.484. The largest absolute Gasteiger partial charge is 0.299 e. The number of carbonyl (C=O) groups excluding carboxylic acids is 1. The van der Waals surface area contributed by atoms with Gasteiger partial charge in [0.2, 0.25) is 0 Å². The average molecular weight is 166 g/mol. The molecule has 0 unspecified atom stereocenters. The predicted octanol–water partition coefficient (Wildman–Crippen LogP) is 2.79. The molecule has 68 valence electrons. The van der Waals surface area contributed by atoms with Gasteiger partial charge < -0.3 is 0 Å². The topological polar surface area (TPSA) is 17.1 Å². The minimum absolute atomic E-state index is 0.484. The maximum Gasteiger partial charge on any atom is 0.139 e. The highest BCUT2D eigenvalue weighted by molar-refractivity contribution is 5.90. The zero-order valence-electron chi connectivity index (χ0n) is 7.88. The summed E-state index contributed by atoms with van der Waals surface area (Å²) in [5, 5.41) is 0. The van der Waals surface area contributed by atoms with Crippen molar-refractivity contribution in [3.8, 4) is 0 Å². The SMILES string of the molecule is CCCC[C@@H]1C(=O)[C@H]2CCC[C@@H]12. The number of hydrogen-bond acceptors (Lipinski definition) is 1. The lowest BCUT2D eigenvalue weighted by molar-refractivity contribution is -0.141. The van der Waals surface area contributed by atoms with Crippen molar-refractivity contribution in [3.63, 3.8) is 0 Å². The van der Waals surface area contributed by atoms with E-state index in [1.54, 1.807) is 0 Å². The summed E-state index contributed by atoms with van der Waals surface area (Å²) in [5.41, 5.74) is 0. The van der Waals surface area contributed by atoms with E-state index >= 15 is 0 Å². The van der Waals surface area contributed by atoms with Crippen molar-refractivity contribution in [2.75, 3.05) is 0 Å². The Morgan fingerprint density at radius 2 is 2.25 bits per heavy atom. The molecule has 0 amide bonds. The molecule has 1 nitrogen and oxygen atoms in total. The molecule has 2 aliphatic carbocycles. The van der Waals surface area contributed by atoms with E-state index in [2.05, 4.69) is 6.92 Å². The number of hydrogen-bond donors (Lipinski definition) is 0. The van der Waals surface area contributed by atoms with Crippen molar-refractivity contribution in [1.82, 2.24) is 0 Å². The third kappa shape index (κ3) is 1.10. The summed E-state index contributed by atoms with van der Waals surface area (Å²) in [7, 11) is 0. The van der Waals surface area contributed by atoms with Crippen molar-refractivity contribution in [1.29, 1.82) is 0 Å². The van der Waals surface area contributed by atoms with Crippen LogP contribution in [0.3, 0.4) is 0 Å². The van der Waals surface area contributed by atoms with E-state index in [4.69, 9.17) is 0 Å². The van der Waals surface area contributed by atoms with Crippen molar-refractivity contribution in [2.24, 2.45) is 17.8 Å². The maximum absolute atomic E-state index is 11.5. The van der Waals surface area contributed by atoms with E-state index in [-0.39, 0.29) is 0 Å². The van der Waals surface area contributed by atoms with Crippen molar-refractivity contribution in [2.45, 2.75) is 45.4 Å². The number of Topliss-reactive ketones (excluding diaryl/α,β-unsaturated/α-hetero) is 1. The summed E-state index contributed by atoms with van der Waals surface area (Å²) in [5.74, 6) is 2.40. The van der Waals surface area contributed by atoms with E-state index in [1.165, 1.54) is 38.5 Å². The summed E-state index contributed by atoms with van der Waals surface area (Å²) in [4.78, 5) is 11.5. The molecule has 0 aromatic carbocycles. The molecule has 3 atom stereocenters. The summed E-state index contributed by atoms with van der Waals surface area (Å²) >= 11 is 0. The Morgan fingerprint density at radius 1 is 1.42 bits per heavy atom. The minimum Gasteiger partial charge on any atom is -0.299 e. The van der Waals surface area contributed by atoms with Gasteiger partial charge in [0.05, 0.1) is 0 Å². The van der Waals surface area contributed by atoms with Crippen LogP contribution in [0.25, 0.3) is 0 Å². The van der Waals surface area contributed by atoms with E-state index in [0.29, 0.717) is 17.6 Å². The monoisotopic (exact) mass is 166 g/mol. The molecular formula is C11H18O. The molecule has 0 aromatic rings. The van der Waals surface area contributed by atoms with E-state index in [0.717, 1.165) is 5.92 Å². The smallest absolute Gasteiger partial charge is 0.139 e. The zero-order valence-corrected chi connectivity index (χ0v) is 7.88. The second kappa shape index (κ2) is 3.20. The molecule has 0 N–H and O–H groups in total. The third-order valence-electron chi connectivity index (χ3n) is 3.69. The van der Waals surface area contributed by atoms with Crippen molar-refractivity contribution < 1.29 is 4.79 Å². The first-order valence-electron chi connectivity index (χ1n) is 5.38. The Kier molecular flexibility index (Phi) is 2.20. The van der Waals surface area contributed by atoms with Gasteiger partial charge in [-0.2, -0.15) is 0 Å². The Labute approximate surface area is 74.5 Å². The van der Waals surface area contributed by atoms with Gasteiger partial charge in [-0.1, -0.05) is 26.2 Å². The van der Waals surface area contributed by atoms with Gasteiger partial charge in [-0.3, -0.25) is 4.79 Å². The average Bonchev–Trinajstić information content (AvgIpc) is 2.49. The molecule has 0 aromatic heterocycles. The van der Waals surface area contributed by atoms with Gasteiger partial charge >= 0.3 is 0 Å². The molecule has 2 fully saturated rings. The molecule has 1 heteroatoms. The van der Waals surface area contributed by atoms with Crippen LogP contribution in [0.5, 0.6) is 0 Å². The zero-order chi connectivity index (χ0) is 8.55. The van der Waals surface area contributed by atoms with Crippen LogP contribution in [0.4, 0.5) is 0 Å². The molecule has 0 spiro atoms. The highest BCUT2D eigenvalue weighted by Gasteiger charge is 2.50. The molecule has 2 aliphatic rings. The fourth-order valence-electron chi connectivity index (χ4n) is 2.97. The summed E-state index contributed by atoms with van der Waals surface area (Å²) in [6.45, 7) is 2.20. The van der Waals surface area contributed by atoms with E-state index in [9.17, 15) is 4.79 Å². The molecule has 12 heavy (non-hydrogen) atoms. The molecule has 0 aliphatic heterocycles. The second-order valence-electron chi connectivity index (χ2n) is 4.35. The van der Waals surface area contributed by atoms with Crippen LogP contribution < -0.4 is 0 Å². The Balaban J connectivity index is 1.87. The van der Waals surface area contributed by atoms with Gasteiger partial charge in [-0.15, -0.1) is 0 Å². The predicted molar refractivity (Wildman–Crippen MR) is 48.9 cm³/mol. The lowest BCUT2D eigenvalue weighted by Gasteiger charge is -2.38. The number of carbonyl (C=O) groups is 1. The summed E-state index contributed by atoms with van der Waals surface area (Å²) in [6, 6.07) is 0. The van der Waals surface area contributed by atoms with Crippen LogP contribution in [-0.4, -0.2) is 5.78 Å². The third-order valence-corrected chi connectivity index (χ3v) is 3.69. The summed E-state index contributed by atoms with van der Waals surface area (Å²) < 4.78 is 0. The van der Waals surface area contributed by atoms with Gasteiger partial charge in [0.25, 0.3) is 0 Å². The molecule has 0 bridgehead atoms. The van der Waals surface area contributed by atoms with Crippen LogP contribution >= 0.6 is 0 Å². The highest BCUT2D eigenvalue weighted by Crippen LogP contribution is 2.50. The molecule has 0 saturated heterocycles. The number of fused-ring (bicyclic) bond motifs is 1. The Bertz CT molecular complexity index is 185. The maximum atomic E-state index is 11.5. The Hall–Kier alpha value is -0.330. The normalized spacial score (nSPS) is 39.4. The van der Waals surface area contributed by atoms with Gasteiger partial charge in [0, 0.05) is 11.8 Å². The van der Waals surface area contributed by atoms with Gasteiger partial charge in [-0.05, 0) is 25.2 Å². The van der Waals surface area contributed by atoms with E-state index in [1.807, 2.05) is 0 Å². The molecule has 2 rings (SSSR count). The van der Waals surface area contributed by atoms with E-state index < -0.39 is 0 Å². The Morgan fingerprint density at radius 3 is 3.00 bits per heavy atom. The standard InChI is InChI=1S/C11H18O/c1-2-3-5-9-8-6-4-7-10(8)11(9)12/h8-10H,2-7H2,1H3/t8-,9-,10-/m0/s1. The number of ketones is 1. The van der Waals surface area contributed by atoms with Crippen LogP contribution in [-0.2, 0) is 4.79 Å². The van der Waals surface area contributed by atoms with Gasteiger partial charge in [0.15, 0.2) is 0 Å². The van der Waals surface area contributed by atoms with Crippen LogP contribution in [0.1, 0.15) is 45.4 Å². The van der Waals surface area contributed by atoms with Gasteiger partial charge in [-0.25, -0.2) is 0 Å². The van der Waals surface area contributed by atoms with Crippen molar-refractivity contribution in [3.05, 3.63) is 0 Å².